The van der Waals surface area contributed by atoms with Crippen molar-refractivity contribution in [2.24, 2.45) is 10.2 Å². The van der Waals surface area contributed by atoms with Gasteiger partial charge in [0.1, 0.15) is 11.5 Å². The Morgan fingerprint density at radius 3 is 1.76 bits per heavy atom. The van der Waals surface area contributed by atoms with Crippen molar-refractivity contribution in [2.75, 3.05) is 21.3 Å². The summed E-state index contributed by atoms with van der Waals surface area (Å²) in [7, 11) is 5.13. The van der Waals surface area contributed by atoms with E-state index in [1.54, 1.807) is 21.3 Å². The highest BCUT2D eigenvalue weighted by Crippen LogP contribution is 2.36. The van der Waals surface area contributed by atoms with Gasteiger partial charge in [-0.3, -0.25) is 0 Å². The molecule has 0 heterocycles. The van der Waals surface area contributed by atoms with Gasteiger partial charge in [-0.05, 0) is 73.9 Å². The number of methoxy groups -OCH3 is 2. The molecule has 0 aliphatic heterocycles. The molecule has 0 radical (unpaired) electrons. The second-order valence-electron chi connectivity index (χ2n) is 11.1. The van der Waals surface area contributed by atoms with Crippen LogP contribution in [0.4, 0.5) is 0 Å². The highest BCUT2D eigenvalue weighted by molar-refractivity contribution is 5.85. The minimum atomic E-state index is -0.476. The van der Waals surface area contributed by atoms with Crippen molar-refractivity contribution in [1.29, 1.82) is 5.26 Å². The van der Waals surface area contributed by atoms with Gasteiger partial charge >= 0.3 is 0 Å². The average molecular weight is 584 g/mol. The second-order valence-corrected chi connectivity index (χ2v) is 11.1. The molecule has 41 heavy (non-hydrogen) atoms. The molecule has 0 aliphatic carbocycles. The van der Waals surface area contributed by atoms with Crippen LogP contribution in [0.3, 0.4) is 0 Å². The number of ether oxygens (including phenoxy) is 2. The van der Waals surface area contributed by atoms with Crippen LogP contribution in [-0.2, 0) is 11.8 Å². The Bertz CT molecular complexity index is 988. The molecule has 0 amide bonds. The van der Waals surface area contributed by atoms with Gasteiger partial charge in [-0.15, -0.1) is 12.4 Å². The summed E-state index contributed by atoms with van der Waals surface area (Å²) in [4.78, 5) is 0. The molecular formula is C35H54ClN3O2. The minimum Gasteiger partial charge on any atom is -0.497 e. The topological polar surface area (TPSA) is 67.0 Å². The fourth-order valence-electron chi connectivity index (χ4n) is 5.60. The summed E-state index contributed by atoms with van der Waals surface area (Å²) in [6.45, 7) is 2.27. The zero-order chi connectivity index (χ0) is 28.9. The molecular weight excluding hydrogens is 530 g/mol. The summed E-state index contributed by atoms with van der Waals surface area (Å²) in [5, 5.41) is 19.2. The number of aryl methyl sites for hydroxylation is 1. The van der Waals surface area contributed by atoms with Crippen molar-refractivity contribution >= 4 is 12.4 Å². The third-order valence-electron chi connectivity index (χ3n) is 8.16. The number of rotatable bonds is 22. The first-order chi connectivity index (χ1) is 19.6. The fraction of sp³-hybridized carbons (Fsp3) is 0.629. The number of unbranched alkanes of at least 4 members (excludes halogenated alkanes) is 9. The number of nitrogens with zero attached hydrogens (tertiary/aromatic N) is 3. The van der Waals surface area contributed by atoms with Gasteiger partial charge in [0.05, 0.1) is 31.7 Å². The zero-order valence-electron chi connectivity index (χ0n) is 26.1. The molecule has 0 saturated heterocycles. The molecule has 228 valence electrons. The van der Waals surface area contributed by atoms with E-state index in [2.05, 4.69) is 47.5 Å². The molecule has 0 N–H and O–H groups in total. The van der Waals surface area contributed by atoms with Crippen LogP contribution in [-0.4, -0.2) is 27.3 Å². The van der Waals surface area contributed by atoms with Gasteiger partial charge in [-0.25, -0.2) is 0 Å². The maximum Gasteiger partial charge on any atom is 0.118 e. The van der Waals surface area contributed by atoms with Gasteiger partial charge in [0.15, 0.2) is 0 Å². The first-order valence-electron chi connectivity index (χ1n) is 15.6. The predicted octanol–water partition coefficient (Wildman–Crippen LogP) is 10.5. The quantitative estimate of drug-likeness (QED) is 0.102. The van der Waals surface area contributed by atoms with Crippen LogP contribution in [0.25, 0.3) is 0 Å². The number of hydrogen-bond acceptors (Lipinski definition) is 5. The van der Waals surface area contributed by atoms with Crippen molar-refractivity contribution in [3.05, 3.63) is 59.7 Å². The standard InChI is InChI=1S/C35H53N3O2.ClH/c1-5-6-7-8-9-10-11-12-13-14-27-35(29-36,31-20-25-34(40-4)26-21-31)28-15-16-32(38-37-2)22-17-30-18-23-33(39-3)24-19-30;/h18-21,23-26,32H,5-17,22,27-28H2,1-4H3;1H/b38-37+;. The molecule has 0 saturated carbocycles. The highest BCUT2D eigenvalue weighted by Gasteiger charge is 2.31. The van der Waals surface area contributed by atoms with E-state index in [0.717, 1.165) is 62.0 Å². The molecule has 2 rings (SSSR count). The number of hydrogen-bond donors (Lipinski definition) is 0. The summed E-state index contributed by atoms with van der Waals surface area (Å²) in [5.74, 6) is 1.71. The van der Waals surface area contributed by atoms with E-state index in [0.29, 0.717) is 0 Å². The first-order valence-corrected chi connectivity index (χ1v) is 15.6. The first kappa shape index (κ1) is 36.4. The van der Waals surface area contributed by atoms with Gasteiger partial charge in [0.2, 0.25) is 0 Å². The van der Waals surface area contributed by atoms with Crippen molar-refractivity contribution in [3.8, 4) is 17.6 Å². The van der Waals surface area contributed by atoms with E-state index in [1.165, 1.54) is 63.4 Å². The number of benzene rings is 2. The van der Waals surface area contributed by atoms with Crippen LogP contribution in [0.1, 0.15) is 114 Å². The average Bonchev–Trinajstić information content (AvgIpc) is 3.00. The van der Waals surface area contributed by atoms with Crippen molar-refractivity contribution in [2.45, 2.75) is 121 Å². The Balaban J connectivity index is 0.00000840. The molecule has 0 fully saturated rings. The Morgan fingerprint density at radius 2 is 1.24 bits per heavy atom. The highest BCUT2D eigenvalue weighted by atomic mass is 35.5. The van der Waals surface area contributed by atoms with Crippen molar-refractivity contribution in [3.63, 3.8) is 0 Å². The van der Waals surface area contributed by atoms with E-state index in [4.69, 9.17) is 9.47 Å². The van der Waals surface area contributed by atoms with E-state index in [-0.39, 0.29) is 18.4 Å². The van der Waals surface area contributed by atoms with Crippen LogP contribution in [0, 0.1) is 11.3 Å². The fourth-order valence-corrected chi connectivity index (χ4v) is 5.60. The second kappa shape index (κ2) is 22.1. The van der Waals surface area contributed by atoms with E-state index >= 15 is 0 Å². The molecule has 0 bridgehead atoms. The summed E-state index contributed by atoms with van der Waals surface area (Å²) in [5.41, 5.74) is 1.91. The summed E-state index contributed by atoms with van der Waals surface area (Å²) in [6.07, 6.45) is 18.5. The molecule has 6 heteroatoms. The number of halogens is 1. The SMILES string of the molecule is CCCCCCCCCCCCC(C#N)(CCCC(CCc1ccc(OC)cc1)/N=N/C)c1ccc(OC)cc1.Cl. The lowest BCUT2D eigenvalue weighted by Gasteiger charge is -2.28. The lowest BCUT2D eigenvalue weighted by atomic mass is 9.73. The Hall–Kier alpha value is -2.58. The van der Waals surface area contributed by atoms with Crippen LogP contribution < -0.4 is 9.47 Å². The Morgan fingerprint density at radius 1 is 0.732 bits per heavy atom. The molecule has 0 spiro atoms. The molecule has 0 aliphatic rings. The van der Waals surface area contributed by atoms with Gasteiger partial charge < -0.3 is 9.47 Å². The molecule has 5 nitrogen and oxygen atoms in total. The summed E-state index contributed by atoms with van der Waals surface area (Å²) >= 11 is 0. The summed E-state index contributed by atoms with van der Waals surface area (Å²) < 4.78 is 10.7. The Labute approximate surface area is 256 Å². The Kier molecular flexibility index (Phi) is 19.6. The molecule has 2 unspecified atom stereocenters. The van der Waals surface area contributed by atoms with Gasteiger partial charge in [-0.1, -0.05) is 95.4 Å². The third-order valence-corrected chi connectivity index (χ3v) is 8.16. The van der Waals surface area contributed by atoms with Crippen LogP contribution in [0.15, 0.2) is 58.8 Å². The summed E-state index contributed by atoms with van der Waals surface area (Å²) in [6, 6.07) is 19.3. The van der Waals surface area contributed by atoms with Gasteiger partial charge in [-0.2, -0.15) is 15.5 Å². The van der Waals surface area contributed by atoms with Crippen molar-refractivity contribution in [1.82, 2.24) is 0 Å². The molecule has 0 aromatic heterocycles. The minimum absolute atomic E-state index is 0. The maximum atomic E-state index is 10.5. The smallest absolute Gasteiger partial charge is 0.118 e. The van der Waals surface area contributed by atoms with E-state index in [1.807, 2.05) is 24.3 Å². The number of nitriles is 1. The van der Waals surface area contributed by atoms with Crippen molar-refractivity contribution < 1.29 is 9.47 Å². The van der Waals surface area contributed by atoms with Gasteiger partial charge in [0.25, 0.3) is 0 Å². The largest absolute Gasteiger partial charge is 0.497 e. The predicted molar refractivity (Wildman–Crippen MR) is 174 cm³/mol. The lowest BCUT2D eigenvalue weighted by molar-refractivity contribution is 0.397. The maximum absolute atomic E-state index is 10.5. The normalized spacial score (nSPS) is 13.2. The molecule has 2 aromatic rings. The molecule has 2 aromatic carbocycles. The molecule has 2 atom stereocenters. The van der Waals surface area contributed by atoms with Crippen LogP contribution in [0.5, 0.6) is 11.5 Å². The third kappa shape index (κ3) is 13.8. The van der Waals surface area contributed by atoms with E-state index in [9.17, 15) is 5.26 Å². The van der Waals surface area contributed by atoms with Crippen LogP contribution >= 0.6 is 12.4 Å². The van der Waals surface area contributed by atoms with E-state index < -0.39 is 5.41 Å². The zero-order valence-corrected chi connectivity index (χ0v) is 26.9. The van der Waals surface area contributed by atoms with Crippen LogP contribution in [0.2, 0.25) is 0 Å². The van der Waals surface area contributed by atoms with Gasteiger partial charge in [0, 0.05) is 7.05 Å². The monoisotopic (exact) mass is 583 g/mol. The number of azo groups is 1. The lowest BCUT2D eigenvalue weighted by Crippen LogP contribution is -2.25.